The quantitative estimate of drug-likeness (QED) is 0.165. The standard InChI is InChI=1S/C31H30N2O8S/c1-16(2)40-27-12-18(11-26(37-5)30(27)41-17(3)4)10-21(29(34)20-7-9-24-25(14-20)39-15-38-24)28(31(35)36)19-6-8-22-23(13-19)33-42-32-22/h6-9,11-14,16-17H,10,15H2,1-5H3,(H,35,36). The van der Waals surface area contributed by atoms with Crippen LogP contribution in [0.15, 0.2) is 54.1 Å². The molecule has 11 heteroatoms. The number of methoxy groups -OCH3 is 1. The van der Waals surface area contributed by atoms with Crippen molar-refractivity contribution in [3.8, 4) is 28.7 Å². The lowest BCUT2D eigenvalue weighted by Gasteiger charge is -2.21. The van der Waals surface area contributed by atoms with Gasteiger partial charge in [-0.05, 0) is 81.3 Å². The minimum absolute atomic E-state index is 0.0426. The summed E-state index contributed by atoms with van der Waals surface area (Å²) in [5.74, 6) is 0.447. The van der Waals surface area contributed by atoms with Crippen LogP contribution >= 0.6 is 11.7 Å². The molecular weight excluding hydrogens is 560 g/mol. The van der Waals surface area contributed by atoms with Crippen LogP contribution in [0.1, 0.15) is 49.2 Å². The molecule has 4 aromatic rings. The maximum atomic E-state index is 14.2. The first-order valence-corrected chi connectivity index (χ1v) is 14.0. The number of Topliss-reactive ketones (excluding diaryl/α,β-unsaturated/α-hetero) is 1. The summed E-state index contributed by atoms with van der Waals surface area (Å²) in [7, 11) is 1.51. The van der Waals surface area contributed by atoms with E-state index in [1.54, 1.807) is 48.5 Å². The Morgan fingerprint density at radius 3 is 2.29 bits per heavy atom. The topological polar surface area (TPSA) is 126 Å². The first kappa shape index (κ1) is 28.9. The average molecular weight is 591 g/mol. The Morgan fingerprint density at radius 1 is 0.881 bits per heavy atom. The van der Waals surface area contributed by atoms with Gasteiger partial charge >= 0.3 is 5.97 Å². The molecule has 1 aliphatic rings. The van der Waals surface area contributed by atoms with Crippen molar-refractivity contribution in [3.05, 3.63) is 70.8 Å². The van der Waals surface area contributed by atoms with E-state index in [1.807, 2.05) is 27.7 Å². The number of benzene rings is 3. The van der Waals surface area contributed by atoms with Crippen LogP contribution in [-0.4, -0.2) is 51.7 Å². The summed E-state index contributed by atoms with van der Waals surface area (Å²) in [5, 5.41) is 10.5. The summed E-state index contributed by atoms with van der Waals surface area (Å²) < 4.78 is 37.1. The predicted molar refractivity (Wildman–Crippen MR) is 157 cm³/mol. The van der Waals surface area contributed by atoms with Gasteiger partial charge in [0.1, 0.15) is 11.0 Å². The molecule has 0 fully saturated rings. The molecule has 1 N–H and O–H groups in total. The molecule has 5 rings (SSSR count). The highest BCUT2D eigenvalue weighted by molar-refractivity contribution is 7.00. The number of carboxylic acid groups (broad SMARTS) is 1. The van der Waals surface area contributed by atoms with Gasteiger partial charge < -0.3 is 28.8 Å². The predicted octanol–water partition coefficient (Wildman–Crippen LogP) is 5.97. The lowest BCUT2D eigenvalue weighted by Crippen LogP contribution is -2.15. The van der Waals surface area contributed by atoms with E-state index in [0.29, 0.717) is 50.9 Å². The molecule has 2 heterocycles. The Labute approximate surface area is 246 Å². The Kier molecular flexibility index (Phi) is 8.30. The normalized spacial score (nSPS) is 12.9. The summed E-state index contributed by atoms with van der Waals surface area (Å²) in [4.78, 5) is 27.1. The zero-order valence-corrected chi connectivity index (χ0v) is 24.6. The second-order valence-corrected chi connectivity index (χ2v) is 10.7. The number of hydrogen-bond donors (Lipinski definition) is 1. The van der Waals surface area contributed by atoms with Crippen LogP contribution < -0.4 is 23.7 Å². The number of carbonyl (C=O) groups excluding carboxylic acids is 1. The van der Waals surface area contributed by atoms with Gasteiger partial charge in [0.15, 0.2) is 28.8 Å². The Morgan fingerprint density at radius 2 is 1.57 bits per heavy atom. The van der Waals surface area contributed by atoms with Crippen molar-refractivity contribution in [2.45, 2.75) is 46.3 Å². The molecule has 0 saturated carbocycles. The maximum Gasteiger partial charge on any atom is 0.336 e. The van der Waals surface area contributed by atoms with E-state index in [2.05, 4.69) is 8.75 Å². The van der Waals surface area contributed by atoms with Crippen LogP contribution in [-0.2, 0) is 11.2 Å². The Balaban J connectivity index is 1.69. The Bertz CT molecular complexity index is 1690. The fourth-order valence-electron chi connectivity index (χ4n) is 4.64. The maximum absolute atomic E-state index is 14.2. The van der Waals surface area contributed by atoms with Crippen molar-refractivity contribution in [1.29, 1.82) is 0 Å². The number of allylic oxidation sites excluding steroid dienone is 1. The number of carbonyl (C=O) groups is 2. The number of fused-ring (bicyclic) bond motifs is 2. The minimum Gasteiger partial charge on any atom is -0.493 e. The van der Waals surface area contributed by atoms with Gasteiger partial charge in [-0.15, -0.1) is 0 Å². The number of ether oxygens (including phenoxy) is 5. The number of rotatable bonds is 11. The van der Waals surface area contributed by atoms with E-state index < -0.39 is 11.8 Å². The SMILES string of the molecule is COc1cc(CC(C(=O)c2ccc3c(c2)OCO3)=C(C(=O)O)c2ccc3nsnc3c2)cc(OC(C)C)c1OC(C)C. The van der Waals surface area contributed by atoms with E-state index in [1.165, 1.54) is 7.11 Å². The summed E-state index contributed by atoms with van der Waals surface area (Å²) in [5.41, 5.74) is 2.26. The summed E-state index contributed by atoms with van der Waals surface area (Å²) in [6.45, 7) is 7.61. The fraction of sp³-hybridized carbons (Fsp3) is 0.290. The summed E-state index contributed by atoms with van der Waals surface area (Å²) in [6, 6.07) is 13.2. The van der Waals surface area contributed by atoms with Crippen LogP contribution in [0.5, 0.6) is 28.7 Å². The van der Waals surface area contributed by atoms with Gasteiger partial charge in [0.25, 0.3) is 0 Å². The monoisotopic (exact) mass is 590 g/mol. The van der Waals surface area contributed by atoms with E-state index >= 15 is 0 Å². The van der Waals surface area contributed by atoms with Crippen molar-refractivity contribution >= 4 is 40.1 Å². The second kappa shape index (κ2) is 12.1. The molecular formula is C31H30N2O8S. The largest absolute Gasteiger partial charge is 0.493 e. The molecule has 0 bridgehead atoms. The van der Waals surface area contributed by atoms with Crippen molar-refractivity contribution in [3.63, 3.8) is 0 Å². The summed E-state index contributed by atoms with van der Waals surface area (Å²) >= 11 is 1.03. The molecule has 42 heavy (non-hydrogen) atoms. The van der Waals surface area contributed by atoms with Gasteiger partial charge in [-0.2, -0.15) is 8.75 Å². The smallest absolute Gasteiger partial charge is 0.336 e. The molecule has 0 unspecified atom stereocenters. The molecule has 3 aromatic carbocycles. The van der Waals surface area contributed by atoms with Gasteiger partial charge in [0.05, 0.1) is 36.6 Å². The number of hydrogen-bond acceptors (Lipinski definition) is 10. The van der Waals surface area contributed by atoms with E-state index in [9.17, 15) is 14.7 Å². The third kappa shape index (κ3) is 6.01. The molecule has 0 radical (unpaired) electrons. The van der Waals surface area contributed by atoms with Crippen LogP contribution in [0, 0.1) is 0 Å². The van der Waals surface area contributed by atoms with Crippen molar-refractivity contribution < 1.29 is 38.4 Å². The third-order valence-electron chi connectivity index (χ3n) is 6.36. The van der Waals surface area contributed by atoms with E-state index in [4.69, 9.17) is 23.7 Å². The number of aliphatic carboxylic acids is 1. The molecule has 0 atom stereocenters. The van der Waals surface area contributed by atoms with Crippen LogP contribution in [0.25, 0.3) is 16.6 Å². The average Bonchev–Trinajstić information content (AvgIpc) is 3.61. The van der Waals surface area contributed by atoms with Crippen LogP contribution in [0.3, 0.4) is 0 Å². The van der Waals surface area contributed by atoms with Crippen molar-refractivity contribution in [1.82, 2.24) is 8.75 Å². The fourth-order valence-corrected chi connectivity index (χ4v) is 5.16. The van der Waals surface area contributed by atoms with Gasteiger partial charge in [-0.1, -0.05) is 6.07 Å². The number of carboxylic acids is 1. The first-order valence-electron chi connectivity index (χ1n) is 13.3. The van der Waals surface area contributed by atoms with Gasteiger partial charge in [0.2, 0.25) is 12.5 Å². The van der Waals surface area contributed by atoms with Gasteiger partial charge in [-0.3, -0.25) is 4.79 Å². The molecule has 10 nitrogen and oxygen atoms in total. The zero-order valence-electron chi connectivity index (χ0n) is 23.8. The molecule has 0 aliphatic carbocycles. The number of ketones is 1. The lowest BCUT2D eigenvalue weighted by atomic mass is 9.89. The van der Waals surface area contributed by atoms with Crippen LogP contribution in [0.4, 0.5) is 0 Å². The highest BCUT2D eigenvalue weighted by Gasteiger charge is 2.27. The molecule has 0 saturated heterocycles. The van der Waals surface area contributed by atoms with Gasteiger partial charge in [0, 0.05) is 17.6 Å². The van der Waals surface area contributed by atoms with E-state index in [0.717, 1.165) is 11.7 Å². The highest BCUT2D eigenvalue weighted by atomic mass is 32.1. The number of aromatic nitrogens is 2. The zero-order chi connectivity index (χ0) is 30.0. The second-order valence-electron chi connectivity index (χ2n) is 10.2. The van der Waals surface area contributed by atoms with Crippen molar-refractivity contribution in [2.24, 2.45) is 0 Å². The Hall–Kier alpha value is -4.64. The first-order chi connectivity index (χ1) is 20.1. The van der Waals surface area contributed by atoms with E-state index in [-0.39, 0.29) is 42.1 Å². The molecule has 0 amide bonds. The van der Waals surface area contributed by atoms with Crippen LogP contribution in [0.2, 0.25) is 0 Å². The third-order valence-corrected chi connectivity index (χ3v) is 6.92. The minimum atomic E-state index is -1.26. The molecule has 1 aromatic heterocycles. The molecule has 1 aliphatic heterocycles. The molecule has 0 spiro atoms. The lowest BCUT2D eigenvalue weighted by molar-refractivity contribution is -0.130. The highest BCUT2D eigenvalue weighted by Crippen LogP contribution is 2.41. The number of nitrogens with zero attached hydrogens (tertiary/aromatic N) is 2. The molecule has 218 valence electrons. The van der Waals surface area contributed by atoms with Crippen molar-refractivity contribution in [2.75, 3.05) is 13.9 Å². The van der Waals surface area contributed by atoms with Gasteiger partial charge in [-0.25, -0.2) is 4.79 Å². The summed E-state index contributed by atoms with van der Waals surface area (Å²) in [6.07, 6.45) is -0.386.